The van der Waals surface area contributed by atoms with E-state index in [4.69, 9.17) is 15.6 Å². The van der Waals surface area contributed by atoms with Crippen LogP contribution in [0.1, 0.15) is 9.67 Å². The molecule has 1 aromatic carbocycles. The number of fused-ring (bicyclic) bond motifs is 1. The summed E-state index contributed by atoms with van der Waals surface area (Å²) in [7, 11) is 1.56. The van der Waals surface area contributed by atoms with Crippen molar-refractivity contribution in [1.82, 2.24) is 0 Å². The van der Waals surface area contributed by atoms with Crippen molar-refractivity contribution in [1.29, 1.82) is 0 Å². The van der Waals surface area contributed by atoms with E-state index in [0.717, 1.165) is 10.1 Å². The van der Waals surface area contributed by atoms with Gasteiger partial charge in [-0.2, -0.15) is 0 Å². The third-order valence-electron chi connectivity index (χ3n) is 2.13. The zero-order valence-electron chi connectivity index (χ0n) is 7.98. The quantitative estimate of drug-likeness (QED) is 0.818. The summed E-state index contributed by atoms with van der Waals surface area (Å²) < 4.78 is 5.90. The van der Waals surface area contributed by atoms with E-state index in [9.17, 15) is 4.79 Å². The molecule has 1 aromatic heterocycles. The number of nitrogens with two attached hydrogens (primary N) is 1. The van der Waals surface area contributed by atoms with E-state index in [-0.39, 0.29) is 4.88 Å². The number of carbonyl (C=O) groups is 1. The molecule has 0 radical (unpaired) electrons. The van der Waals surface area contributed by atoms with E-state index < -0.39 is 5.97 Å². The Morgan fingerprint density at radius 1 is 1.53 bits per heavy atom. The van der Waals surface area contributed by atoms with E-state index in [2.05, 4.69) is 0 Å². The van der Waals surface area contributed by atoms with Crippen LogP contribution in [0.3, 0.4) is 0 Å². The number of hydrogen-bond acceptors (Lipinski definition) is 4. The lowest BCUT2D eigenvalue weighted by Gasteiger charge is -1.98. The number of nitrogen functional groups attached to an aromatic ring is 1. The maximum atomic E-state index is 10.8. The second-order valence-electron chi connectivity index (χ2n) is 3.01. The molecule has 0 aliphatic heterocycles. The van der Waals surface area contributed by atoms with Crippen molar-refractivity contribution in [3.63, 3.8) is 0 Å². The maximum absolute atomic E-state index is 10.8. The first-order valence-corrected chi connectivity index (χ1v) is 5.04. The van der Waals surface area contributed by atoms with Gasteiger partial charge in [-0.25, -0.2) is 4.79 Å². The number of thiophene rings is 1. The second-order valence-corrected chi connectivity index (χ2v) is 4.06. The molecule has 0 spiro atoms. The number of carboxylic acid groups (broad SMARTS) is 1. The fraction of sp³-hybridized carbons (Fsp3) is 0.100. The van der Waals surface area contributed by atoms with Crippen LogP contribution >= 0.6 is 11.3 Å². The minimum Gasteiger partial charge on any atom is -0.497 e. The van der Waals surface area contributed by atoms with E-state index in [1.807, 2.05) is 6.07 Å². The standard InChI is InChI=1S/C10H9NO3S/c1-14-5-2-3-7-6(4-5)8(11)9(15-7)10(12)13/h2-4H,11H2,1H3,(H,12,13). The zero-order valence-corrected chi connectivity index (χ0v) is 8.80. The highest BCUT2D eigenvalue weighted by Gasteiger charge is 2.15. The van der Waals surface area contributed by atoms with Crippen molar-refractivity contribution >= 4 is 33.1 Å². The fourth-order valence-electron chi connectivity index (χ4n) is 1.38. The Balaban J connectivity index is 2.72. The van der Waals surface area contributed by atoms with Crippen LogP contribution in [0.5, 0.6) is 5.75 Å². The number of aromatic carboxylic acids is 1. The van der Waals surface area contributed by atoms with Crippen LogP contribution in [0.4, 0.5) is 5.69 Å². The summed E-state index contributed by atoms with van der Waals surface area (Å²) in [4.78, 5) is 11.0. The molecule has 0 amide bonds. The molecule has 0 atom stereocenters. The van der Waals surface area contributed by atoms with Crippen LogP contribution in [0, 0.1) is 0 Å². The molecule has 0 saturated carbocycles. The van der Waals surface area contributed by atoms with Gasteiger partial charge < -0.3 is 15.6 Å². The number of ether oxygens (including phenoxy) is 1. The third-order valence-corrected chi connectivity index (χ3v) is 3.30. The number of methoxy groups -OCH3 is 1. The normalized spacial score (nSPS) is 10.5. The number of carboxylic acids is 1. The smallest absolute Gasteiger partial charge is 0.348 e. The van der Waals surface area contributed by atoms with Gasteiger partial charge in [0.05, 0.1) is 12.8 Å². The average Bonchev–Trinajstić information content (AvgIpc) is 2.56. The van der Waals surface area contributed by atoms with Gasteiger partial charge in [0.25, 0.3) is 0 Å². The van der Waals surface area contributed by atoms with Crippen molar-refractivity contribution in [3.05, 3.63) is 23.1 Å². The number of rotatable bonds is 2. The lowest BCUT2D eigenvalue weighted by molar-refractivity contribution is 0.0703. The van der Waals surface area contributed by atoms with Gasteiger partial charge >= 0.3 is 5.97 Å². The molecule has 0 aliphatic rings. The predicted molar refractivity (Wildman–Crippen MR) is 59.7 cm³/mol. The molecule has 3 N–H and O–H groups in total. The van der Waals surface area contributed by atoms with Crippen LogP contribution in [0.25, 0.3) is 10.1 Å². The van der Waals surface area contributed by atoms with Gasteiger partial charge in [-0.15, -0.1) is 11.3 Å². The fourth-order valence-corrected chi connectivity index (χ4v) is 2.32. The first-order chi connectivity index (χ1) is 7.13. The Labute approximate surface area is 89.9 Å². The summed E-state index contributed by atoms with van der Waals surface area (Å²) in [6, 6.07) is 5.33. The minimum absolute atomic E-state index is 0.179. The first-order valence-electron chi connectivity index (χ1n) is 4.23. The van der Waals surface area contributed by atoms with Gasteiger partial charge in [0.15, 0.2) is 0 Å². The maximum Gasteiger partial charge on any atom is 0.348 e. The Bertz CT molecular complexity index is 533. The molecule has 2 aromatic rings. The van der Waals surface area contributed by atoms with Crippen molar-refractivity contribution in [3.8, 4) is 5.75 Å². The van der Waals surface area contributed by atoms with Crippen molar-refractivity contribution in [2.75, 3.05) is 12.8 Å². The predicted octanol–water partition coefficient (Wildman–Crippen LogP) is 2.19. The molecule has 1 heterocycles. The highest BCUT2D eigenvalue weighted by molar-refractivity contribution is 7.21. The SMILES string of the molecule is COc1ccc2sc(C(=O)O)c(N)c2c1. The molecule has 4 nitrogen and oxygen atoms in total. The second kappa shape index (κ2) is 3.43. The van der Waals surface area contributed by atoms with Crippen LogP contribution in [0.15, 0.2) is 18.2 Å². The average molecular weight is 223 g/mol. The van der Waals surface area contributed by atoms with E-state index >= 15 is 0 Å². The molecule has 0 aliphatic carbocycles. The monoisotopic (exact) mass is 223 g/mol. The van der Waals surface area contributed by atoms with Crippen molar-refractivity contribution < 1.29 is 14.6 Å². The molecule has 15 heavy (non-hydrogen) atoms. The van der Waals surface area contributed by atoms with Crippen LogP contribution in [-0.4, -0.2) is 18.2 Å². The Morgan fingerprint density at radius 2 is 2.27 bits per heavy atom. The van der Waals surface area contributed by atoms with Crippen molar-refractivity contribution in [2.24, 2.45) is 0 Å². The molecule has 0 saturated heterocycles. The number of hydrogen-bond donors (Lipinski definition) is 2. The van der Waals surface area contributed by atoms with E-state index in [0.29, 0.717) is 11.4 Å². The first kappa shape index (κ1) is 9.79. The Hall–Kier alpha value is -1.75. The van der Waals surface area contributed by atoms with E-state index in [1.54, 1.807) is 19.2 Å². The van der Waals surface area contributed by atoms with Crippen LogP contribution in [-0.2, 0) is 0 Å². The van der Waals surface area contributed by atoms with Crippen LogP contribution in [0.2, 0.25) is 0 Å². The summed E-state index contributed by atoms with van der Waals surface area (Å²) in [6.07, 6.45) is 0. The molecule has 5 heteroatoms. The summed E-state index contributed by atoms with van der Waals surface area (Å²) >= 11 is 1.17. The zero-order chi connectivity index (χ0) is 11.0. The van der Waals surface area contributed by atoms with Gasteiger partial charge in [0.1, 0.15) is 10.6 Å². The largest absolute Gasteiger partial charge is 0.497 e. The van der Waals surface area contributed by atoms with Gasteiger partial charge in [-0.3, -0.25) is 0 Å². The third kappa shape index (κ3) is 1.50. The molecule has 0 fully saturated rings. The molecule has 2 rings (SSSR count). The van der Waals surface area contributed by atoms with Crippen LogP contribution < -0.4 is 10.5 Å². The Morgan fingerprint density at radius 3 is 2.87 bits per heavy atom. The number of anilines is 1. The highest BCUT2D eigenvalue weighted by Crippen LogP contribution is 2.35. The molecular weight excluding hydrogens is 214 g/mol. The Kier molecular flexibility index (Phi) is 2.24. The highest BCUT2D eigenvalue weighted by atomic mass is 32.1. The number of benzene rings is 1. The summed E-state index contributed by atoms with van der Waals surface area (Å²) in [6.45, 7) is 0. The van der Waals surface area contributed by atoms with Gasteiger partial charge in [0.2, 0.25) is 0 Å². The van der Waals surface area contributed by atoms with E-state index in [1.165, 1.54) is 11.3 Å². The molecule has 78 valence electrons. The van der Waals surface area contributed by atoms with Gasteiger partial charge in [-0.05, 0) is 18.2 Å². The lowest BCUT2D eigenvalue weighted by atomic mass is 10.2. The van der Waals surface area contributed by atoms with Gasteiger partial charge in [-0.1, -0.05) is 0 Å². The minimum atomic E-state index is -0.993. The topological polar surface area (TPSA) is 72.5 Å². The van der Waals surface area contributed by atoms with Gasteiger partial charge in [0, 0.05) is 10.1 Å². The van der Waals surface area contributed by atoms with Crippen molar-refractivity contribution in [2.45, 2.75) is 0 Å². The molecular formula is C10H9NO3S. The summed E-state index contributed by atoms with van der Waals surface area (Å²) in [5.74, 6) is -0.323. The molecule has 0 unspecified atom stereocenters. The molecule has 0 bridgehead atoms. The summed E-state index contributed by atoms with van der Waals surface area (Å²) in [5.41, 5.74) is 6.04. The lowest BCUT2D eigenvalue weighted by Crippen LogP contribution is -1.97. The summed E-state index contributed by atoms with van der Waals surface area (Å²) in [5, 5.41) is 9.63.